The minimum atomic E-state index is -1.16. The Kier molecular flexibility index (Phi) is 4.68. The van der Waals surface area contributed by atoms with Crippen molar-refractivity contribution in [1.29, 1.82) is 0 Å². The number of aliphatic carboxylic acids is 1. The van der Waals surface area contributed by atoms with E-state index in [1.807, 2.05) is 0 Å². The summed E-state index contributed by atoms with van der Waals surface area (Å²) < 4.78 is 9.74. The number of rotatable bonds is 6. The van der Waals surface area contributed by atoms with Crippen molar-refractivity contribution in [2.75, 3.05) is 7.11 Å². The molecule has 0 radical (unpaired) electrons. The highest BCUT2D eigenvalue weighted by molar-refractivity contribution is 5.95. The second kappa shape index (κ2) is 6.67. The zero-order valence-corrected chi connectivity index (χ0v) is 11.3. The Morgan fingerprint density at radius 3 is 2.71 bits per heavy atom. The van der Waals surface area contributed by atoms with E-state index >= 15 is 0 Å². The van der Waals surface area contributed by atoms with E-state index in [-0.39, 0.29) is 12.3 Å². The van der Waals surface area contributed by atoms with Crippen LogP contribution >= 0.6 is 0 Å². The summed E-state index contributed by atoms with van der Waals surface area (Å²) in [6.45, 7) is 0.182. The van der Waals surface area contributed by atoms with Gasteiger partial charge in [0.25, 0.3) is 5.91 Å². The lowest BCUT2D eigenvalue weighted by Gasteiger charge is -2.13. The van der Waals surface area contributed by atoms with Crippen LogP contribution in [0.15, 0.2) is 40.9 Å². The van der Waals surface area contributed by atoms with E-state index in [1.165, 1.54) is 13.2 Å². The lowest BCUT2D eigenvalue weighted by Crippen LogP contribution is -2.33. The predicted octanol–water partition coefficient (Wildman–Crippen LogP) is 1.38. The molecule has 2 N–H and O–H groups in total. The van der Waals surface area contributed by atoms with Crippen LogP contribution in [-0.4, -0.2) is 29.2 Å². The summed E-state index contributed by atoms with van der Waals surface area (Å²) in [5.74, 6) is -1.40. The molecule has 7 nitrogen and oxygen atoms in total. The molecule has 21 heavy (non-hydrogen) atoms. The summed E-state index contributed by atoms with van der Waals surface area (Å²) in [4.78, 5) is 23.3. The van der Waals surface area contributed by atoms with Crippen LogP contribution in [0.4, 0.5) is 0 Å². The first-order valence-corrected chi connectivity index (χ1v) is 6.15. The van der Waals surface area contributed by atoms with Crippen molar-refractivity contribution >= 4 is 11.9 Å². The van der Waals surface area contributed by atoms with Gasteiger partial charge in [0.05, 0.1) is 0 Å². The molecule has 0 aliphatic rings. The molecule has 2 rings (SSSR count). The molecule has 0 spiro atoms. The van der Waals surface area contributed by atoms with E-state index in [0.717, 1.165) is 0 Å². The molecule has 0 saturated carbocycles. The van der Waals surface area contributed by atoms with Crippen LogP contribution in [0.1, 0.15) is 27.9 Å². The molecule has 0 fully saturated rings. The van der Waals surface area contributed by atoms with E-state index in [2.05, 4.69) is 10.5 Å². The van der Waals surface area contributed by atoms with Gasteiger partial charge in [0, 0.05) is 13.2 Å². The number of hydrogen-bond donors (Lipinski definition) is 2. The number of methoxy groups -OCH3 is 1. The normalized spacial score (nSPS) is 11.9. The number of hydrogen-bond acceptors (Lipinski definition) is 5. The van der Waals surface area contributed by atoms with Gasteiger partial charge in [0.1, 0.15) is 6.61 Å². The zero-order chi connectivity index (χ0) is 15.2. The van der Waals surface area contributed by atoms with Gasteiger partial charge < -0.3 is 19.7 Å². The van der Waals surface area contributed by atoms with Gasteiger partial charge in [0.2, 0.25) is 0 Å². The number of carbonyl (C=O) groups is 2. The molecule has 0 bridgehead atoms. The standard InChI is InChI=1S/C14H14N2O5/c1-20-8-10-7-11(16-21-10)13(17)15-12(14(18)19)9-5-3-2-4-6-9/h2-7,12H,8H2,1H3,(H,15,17)(H,18,19)/t12-/m0/s1. The van der Waals surface area contributed by atoms with Crippen LogP contribution in [0.2, 0.25) is 0 Å². The number of carboxylic acids is 1. The van der Waals surface area contributed by atoms with Crippen LogP contribution in [0.5, 0.6) is 0 Å². The van der Waals surface area contributed by atoms with Gasteiger partial charge >= 0.3 is 5.97 Å². The van der Waals surface area contributed by atoms with Gasteiger partial charge in [-0.1, -0.05) is 35.5 Å². The first-order valence-electron chi connectivity index (χ1n) is 6.15. The highest BCUT2D eigenvalue weighted by Crippen LogP contribution is 2.14. The highest BCUT2D eigenvalue weighted by atomic mass is 16.5. The van der Waals surface area contributed by atoms with Crippen molar-refractivity contribution in [3.63, 3.8) is 0 Å². The third-order valence-corrected chi connectivity index (χ3v) is 2.73. The number of carboxylic acid groups (broad SMARTS) is 1. The first-order chi connectivity index (χ1) is 10.1. The molecular formula is C14H14N2O5. The maximum absolute atomic E-state index is 12.0. The monoisotopic (exact) mass is 290 g/mol. The van der Waals surface area contributed by atoms with Crippen molar-refractivity contribution in [1.82, 2.24) is 10.5 Å². The van der Waals surface area contributed by atoms with Crippen molar-refractivity contribution < 1.29 is 24.0 Å². The molecule has 1 heterocycles. The predicted molar refractivity (Wildman–Crippen MR) is 71.5 cm³/mol. The number of aromatic nitrogens is 1. The Bertz CT molecular complexity index is 623. The SMILES string of the molecule is COCc1cc(C(=O)N[C@H](C(=O)O)c2ccccc2)no1. The average Bonchev–Trinajstić information content (AvgIpc) is 2.94. The minimum absolute atomic E-state index is 0.00392. The highest BCUT2D eigenvalue weighted by Gasteiger charge is 2.24. The molecule has 1 amide bonds. The van der Waals surface area contributed by atoms with Crippen LogP contribution in [0.3, 0.4) is 0 Å². The lowest BCUT2D eigenvalue weighted by molar-refractivity contribution is -0.139. The van der Waals surface area contributed by atoms with Gasteiger partial charge in [-0.2, -0.15) is 0 Å². The van der Waals surface area contributed by atoms with Crippen molar-refractivity contribution in [2.45, 2.75) is 12.6 Å². The molecule has 0 saturated heterocycles. The molecule has 1 atom stereocenters. The molecule has 110 valence electrons. The summed E-state index contributed by atoms with van der Waals surface area (Å²) in [6.07, 6.45) is 0. The van der Waals surface area contributed by atoms with E-state index in [1.54, 1.807) is 30.3 Å². The maximum atomic E-state index is 12.0. The van der Waals surface area contributed by atoms with Crippen LogP contribution < -0.4 is 5.32 Å². The molecule has 0 aliphatic heterocycles. The van der Waals surface area contributed by atoms with Gasteiger partial charge in [-0.25, -0.2) is 4.79 Å². The van der Waals surface area contributed by atoms with Gasteiger partial charge in [-0.15, -0.1) is 0 Å². The Balaban J connectivity index is 2.13. The maximum Gasteiger partial charge on any atom is 0.330 e. The second-order valence-corrected chi connectivity index (χ2v) is 4.27. The number of amides is 1. The van der Waals surface area contributed by atoms with Crippen molar-refractivity contribution in [3.8, 4) is 0 Å². The van der Waals surface area contributed by atoms with Crippen LogP contribution in [-0.2, 0) is 16.1 Å². The lowest BCUT2D eigenvalue weighted by atomic mass is 10.1. The van der Waals surface area contributed by atoms with E-state index in [9.17, 15) is 14.7 Å². The Hall–Kier alpha value is -2.67. The quantitative estimate of drug-likeness (QED) is 0.833. The fourth-order valence-electron chi connectivity index (χ4n) is 1.77. The topological polar surface area (TPSA) is 102 Å². The minimum Gasteiger partial charge on any atom is -0.479 e. The van der Waals surface area contributed by atoms with Crippen molar-refractivity contribution in [2.24, 2.45) is 0 Å². The molecule has 1 aromatic heterocycles. The summed E-state index contributed by atoms with van der Waals surface area (Å²) >= 11 is 0. The van der Waals surface area contributed by atoms with Gasteiger partial charge in [-0.3, -0.25) is 4.79 Å². The third-order valence-electron chi connectivity index (χ3n) is 2.73. The summed E-state index contributed by atoms with van der Waals surface area (Å²) in [7, 11) is 1.48. The Labute approximate surface area is 120 Å². The van der Waals surface area contributed by atoms with Crippen LogP contribution in [0.25, 0.3) is 0 Å². The fraction of sp³-hybridized carbons (Fsp3) is 0.214. The van der Waals surface area contributed by atoms with E-state index < -0.39 is 17.9 Å². The van der Waals surface area contributed by atoms with Crippen LogP contribution in [0, 0.1) is 0 Å². The van der Waals surface area contributed by atoms with Gasteiger partial charge in [-0.05, 0) is 5.56 Å². The number of nitrogens with one attached hydrogen (secondary N) is 1. The fourth-order valence-corrected chi connectivity index (χ4v) is 1.77. The first kappa shape index (κ1) is 14.7. The number of nitrogens with zero attached hydrogens (tertiary/aromatic N) is 1. The number of carbonyl (C=O) groups excluding carboxylic acids is 1. The number of benzene rings is 1. The molecular weight excluding hydrogens is 276 g/mol. The average molecular weight is 290 g/mol. The Morgan fingerprint density at radius 2 is 2.10 bits per heavy atom. The molecule has 2 aromatic rings. The third kappa shape index (κ3) is 3.67. The van der Waals surface area contributed by atoms with Gasteiger partial charge in [0.15, 0.2) is 17.5 Å². The molecule has 1 aromatic carbocycles. The smallest absolute Gasteiger partial charge is 0.330 e. The largest absolute Gasteiger partial charge is 0.479 e. The van der Waals surface area contributed by atoms with E-state index in [4.69, 9.17) is 9.26 Å². The Morgan fingerprint density at radius 1 is 1.38 bits per heavy atom. The number of ether oxygens (including phenoxy) is 1. The van der Waals surface area contributed by atoms with E-state index in [0.29, 0.717) is 11.3 Å². The summed E-state index contributed by atoms with van der Waals surface area (Å²) in [5, 5.41) is 15.2. The summed E-state index contributed by atoms with van der Waals surface area (Å²) in [6, 6.07) is 8.66. The van der Waals surface area contributed by atoms with Crippen molar-refractivity contribution in [3.05, 3.63) is 53.4 Å². The molecule has 0 aliphatic carbocycles. The molecule has 0 unspecified atom stereocenters. The molecule has 7 heteroatoms. The second-order valence-electron chi connectivity index (χ2n) is 4.27. The zero-order valence-electron chi connectivity index (χ0n) is 11.3. The summed E-state index contributed by atoms with van der Waals surface area (Å²) in [5.41, 5.74) is 0.475.